The second-order valence-electron chi connectivity index (χ2n) is 7.30. The zero-order chi connectivity index (χ0) is 21.6. The molecule has 2 amide bonds. The van der Waals surface area contributed by atoms with Crippen molar-refractivity contribution in [2.24, 2.45) is 5.92 Å². The molecule has 160 valence electrons. The number of rotatable bonds is 7. The third kappa shape index (κ3) is 5.43. The average molecular weight is 431 g/mol. The number of amides is 2. The van der Waals surface area contributed by atoms with Crippen LogP contribution in [0.15, 0.2) is 59.8 Å². The summed E-state index contributed by atoms with van der Waals surface area (Å²) in [6.07, 6.45) is 4.16. The van der Waals surface area contributed by atoms with Crippen LogP contribution in [0.2, 0.25) is 0 Å². The molecule has 0 spiro atoms. The van der Waals surface area contributed by atoms with Gasteiger partial charge in [0.2, 0.25) is 21.8 Å². The highest BCUT2D eigenvalue weighted by Crippen LogP contribution is 2.23. The van der Waals surface area contributed by atoms with Gasteiger partial charge in [0.05, 0.1) is 4.90 Å². The van der Waals surface area contributed by atoms with Crippen molar-refractivity contribution >= 4 is 21.8 Å². The Morgan fingerprint density at radius 2 is 1.83 bits per heavy atom. The summed E-state index contributed by atoms with van der Waals surface area (Å²) >= 11 is 0. The number of nitrogens with zero attached hydrogens (tertiary/aromatic N) is 2. The van der Waals surface area contributed by atoms with Gasteiger partial charge in [-0.2, -0.15) is 4.31 Å². The fourth-order valence-corrected chi connectivity index (χ4v) is 4.83. The lowest BCUT2D eigenvalue weighted by Gasteiger charge is -2.31. The van der Waals surface area contributed by atoms with E-state index in [0.29, 0.717) is 19.4 Å². The monoisotopic (exact) mass is 430 g/mol. The van der Waals surface area contributed by atoms with E-state index in [-0.39, 0.29) is 35.7 Å². The van der Waals surface area contributed by atoms with Gasteiger partial charge in [-0.1, -0.05) is 24.3 Å². The molecule has 0 saturated carbocycles. The van der Waals surface area contributed by atoms with Gasteiger partial charge in [0.15, 0.2) is 0 Å². The molecule has 0 radical (unpaired) electrons. The van der Waals surface area contributed by atoms with Crippen LogP contribution in [0.4, 0.5) is 0 Å². The number of carbonyl (C=O) groups excluding carboxylic acids is 2. The molecular weight excluding hydrogens is 404 g/mol. The molecule has 2 heterocycles. The van der Waals surface area contributed by atoms with E-state index in [4.69, 9.17) is 0 Å². The zero-order valence-electron chi connectivity index (χ0n) is 16.8. The minimum Gasteiger partial charge on any atom is -0.350 e. The van der Waals surface area contributed by atoms with E-state index in [2.05, 4.69) is 15.6 Å². The Hall–Kier alpha value is -2.78. The smallest absolute Gasteiger partial charge is 0.243 e. The Bertz CT molecular complexity index is 959. The first-order valence-electron chi connectivity index (χ1n) is 9.90. The minimum atomic E-state index is -3.55. The first-order chi connectivity index (χ1) is 14.4. The molecule has 0 bridgehead atoms. The second kappa shape index (κ2) is 9.82. The van der Waals surface area contributed by atoms with Crippen LogP contribution in [0, 0.1) is 5.92 Å². The van der Waals surface area contributed by atoms with E-state index >= 15 is 0 Å². The Kier molecular flexibility index (Phi) is 7.17. The second-order valence-corrected chi connectivity index (χ2v) is 9.24. The number of sulfonamides is 1. The van der Waals surface area contributed by atoms with Crippen molar-refractivity contribution in [1.82, 2.24) is 19.9 Å². The van der Waals surface area contributed by atoms with E-state index in [1.807, 2.05) is 6.07 Å². The van der Waals surface area contributed by atoms with Gasteiger partial charge in [0, 0.05) is 37.9 Å². The summed E-state index contributed by atoms with van der Waals surface area (Å²) in [5.41, 5.74) is 0.872. The quantitative estimate of drug-likeness (QED) is 0.688. The lowest BCUT2D eigenvalue weighted by Crippen LogP contribution is -2.49. The predicted molar refractivity (Wildman–Crippen MR) is 112 cm³/mol. The number of hydrogen-bond donors (Lipinski definition) is 2. The first kappa shape index (κ1) is 21.9. The van der Waals surface area contributed by atoms with E-state index in [1.165, 1.54) is 4.31 Å². The van der Waals surface area contributed by atoms with E-state index < -0.39 is 16.1 Å². The third-order valence-electron chi connectivity index (χ3n) is 5.15. The number of pyridine rings is 1. The van der Waals surface area contributed by atoms with Gasteiger partial charge in [0.1, 0.15) is 6.04 Å². The van der Waals surface area contributed by atoms with Crippen molar-refractivity contribution in [2.45, 2.75) is 37.2 Å². The minimum absolute atomic E-state index is 0.226. The topological polar surface area (TPSA) is 108 Å². The molecule has 1 aromatic carbocycles. The van der Waals surface area contributed by atoms with Gasteiger partial charge in [-0.05, 0) is 43.5 Å². The van der Waals surface area contributed by atoms with Crippen LogP contribution < -0.4 is 10.6 Å². The van der Waals surface area contributed by atoms with Crippen molar-refractivity contribution in [3.05, 3.63) is 60.4 Å². The van der Waals surface area contributed by atoms with Crippen LogP contribution in [-0.4, -0.2) is 48.7 Å². The number of nitrogens with one attached hydrogen (secondary N) is 2. The first-order valence-corrected chi connectivity index (χ1v) is 11.3. The van der Waals surface area contributed by atoms with Gasteiger partial charge in [-0.25, -0.2) is 8.42 Å². The molecule has 2 aromatic rings. The number of carbonyl (C=O) groups is 2. The van der Waals surface area contributed by atoms with Crippen molar-refractivity contribution in [3.8, 4) is 0 Å². The fourth-order valence-electron chi connectivity index (χ4n) is 3.34. The van der Waals surface area contributed by atoms with Gasteiger partial charge >= 0.3 is 0 Å². The fraction of sp³-hybridized carbons (Fsp3) is 0.381. The summed E-state index contributed by atoms with van der Waals surface area (Å²) in [5, 5.41) is 5.51. The van der Waals surface area contributed by atoms with E-state index in [9.17, 15) is 18.0 Å². The maximum atomic E-state index is 12.7. The Balaban J connectivity index is 1.47. The highest BCUT2D eigenvalue weighted by Gasteiger charge is 2.32. The largest absolute Gasteiger partial charge is 0.350 e. The van der Waals surface area contributed by atoms with Crippen LogP contribution in [0.5, 0.6) is 0 Å². The molecule has 1 fully saturated rings. The van der Waals surface area contributed by atoms with Crippen LogP contribution in [0.1, 0.15) is 25.3 Å². The predicted octanol–water partition coefficient (Wildman–Crippen LogP) is 1.30. The van der Waals surface area contributed by atoms with E-state index in [1.54, 1.807) is 55.7 Å². The summed E-state index contributed by atoms with van der Waals surface area (Å²) in [5.74, 6) is -0.826. The van der Waals surface area contributed by atoms with Crippen molar-refractivity contribution in [3.63, 3.8) is 0 Å². The third-order valence-corrected chi connectivity index (χ3v) is 7.06. The number of aromatic nitrogens is 1. The molecule has 1 aliphatic rings. The van der Waals surface area contributed by atoms with Crippen LogP contribution in [-0.2, 0) is 26.2 Å². The van der Waals surface area contributed by atoms with Gasteiger partial charge in [-0.15, -0.1) is 0 Å². The standard InChI is InChI=1S/C21H26N4O4S/c1-16(20(26)23-15-17-6-5-11-22-14-17)24-21(27)18-9-12-25(13-10-18)30(28,29)19-7-3-2-4-8-19/h2-8,11,14,16,18H,9-10,12-13,15H2,1H3,(H,23,26)(H,24,27)/t16-/m0/s1. The zero-order valence-corrected chi connectivity index (χ0v) is 17.6. The number of piperidine rings is 1. The van der Waals surface area contributed by atoms with Crippen LogP contribution in [0.3, 0.4) is 0 Å². The van der Waals surface area contributed by atoms with Crippen molar-refractivity contribution in [1.29, 1.82) is 0 Å². The maximum absolute atomic E-state index is 12.7. The molecule has 1 aromatic heterocycles. The van der Waals surface area contributed by atoms with Crippen LogP contribution >= 0.6 is 0 Å². The Labute approximate surface area is 176 Å². The van der Waals surface area contributed by atoms with Gasteiger partial charge in [-0.3, -0.25) is 14.6 Å². The molecule has 30 heavy (non-hydrogen) atoms. The number of benzene rings is 1. The molecule has 0 unspecified atom stereocenters. The van der Waals surface area contributed by atoms with Crippen molar-refractivity contribution in [2.75, 3.05) is 13.1 Å². The van der Waals surface area contributed by atoms with Gasteiger partial charge < -0.3 is 10.6 Å². The molecule has 3 rings (SSSR count). The lowest BCUT2D eigenvalue weighted by molar-refractivity contribution is -0.131. The molecule has 8 nitrogen and oxygen atoms in total. The molecule has 0 aliphatic carbocycles. The van der Waals surface area contributed by atoms with Crippen LogP contribution in [0.25, 0.3) is 0 Å². The summed E-state index contributed by atoms with van der Waals surface area (Å²) in [6, 6.07) is 11.2. The maximum Gasteiger partial charge on any atom is 0.243 e. The molecule has 9 heteroatoms. The molecule has 2 N–H and O–H groups in total. The van der Waals surface area contributed by atoms with Crippen molar-refractivity contribution < 1.29 is 18.0 Å². The van der Waals surface area contributed by atoms with Gasteiger partial charge in [0.25, 0.3) is 0 Å². The highest BCUT2D eigenvalue weighted by atomic mass is 32.2. The van der Waals surface area contributed by atoms with E-state index in [0.717, 1.165) is 5.56 Å². The highest BCUT2D eigenvalue weighted by molar-refractivity contribution is 7.89. The average Bonchev–Trinajstić information content (AvgIpc) is 2.78. The SMILES string of the molecule is C[C@H](NC(=O)C1CCN(S(=O)(=O)c2ccccc2)CC1)C(=O)NCc1cccnc1. The number of hydrogen-bond acceptors (Lipinski definition) is 5. The summed E-state index contributed by atoms with van der Waals surface area (Å²) in [6.45, 7) is 2.52. The molecule has 1 saturated heterocycles. The molecular formula is C21H26N4O4S. The normalized spacial score (nSPS) is 16.6. The molecule has 1 atom stereocenters. The molecule has 1 aliphatic heterocycles. The lowest BCUT2D eigenvalue weighted by atomic mass is 9.97. The summed E-state index contributed by atoms with van der Waals surface area (Å²) < 4.78 is 26.8. The Morgan fingerprint density at radius 1 is 1.13 bits per heavy atom. The Morgan fingerprint density at radius 3 is 2.47 bits per heavy atom. The summed E-state index contributed by atoms with van der Waals surface area (Å²) in [4.78, 5) is 29.0. The summed E-state index contributed by atoms with van der Waals surface area (Å²) in [7, 11) is -3.55.